The number of allylic oxidation sites excluding steroid dienone is 11. The summed E-state index contributed by atoms with van der Waals surface area (Å²) in [6, 6.07) is 0. The number of aliphatic hydroxyl groups is 1. The molecule has 9 nitrogen and oxygen atoms in total. The Kier molecular flexibility index (Phi) is 38.8. The number of ether oxygens (including phenoxy) is 2. The normalized spacial score (nSPS) is 13.7. The fourth-order valence-electron chi connectivity index (χ4n) is 5.84. The lowest BCUT2D eigenvalue weighted by Gasteiger charge is -2.18. The molecule has 0 radical (unpaired) electrons. The second-order valence-corrected chi connectivity index (χ2v) is 15.7. The molecule has 0 amide bonds. The summed E-state index contributed by atoms with van der Waals surface area (Å²) in [4.78, 5) is 42.9. The molecule has 3 N–H and O–H groups in total. The number of aliphatic hydroxyl groups excluding tert-OH is 1. The van der Waals surface area contributed by atoms with Crippen LogP contribution in [0, 0.1) is 0 Å². The highest BCUT2D eigenvalue weighted by Gasteiger charge is 2.23. The third kappa shape index (κ3) is 42.6. The molecule has 0 aliphatic rings. The largest absolute Gasteiger partial charge is 0.469 e. The molecule has 0 heterocycles. The third-order valence-electron chi connectivity index (χ3n) is 9.11. The third-order valence-corrected chi connectivity index (χ3v) is 9.59. The minimum Gasteiger partial charge on any atom is -0.462 e. The van der Waals surface area contributed by atoms with Crippen LogP contribution in [0.2, 0.25) is 0 Å². The quantitative estimate of drug-likeness (QED) is 0.0182. The first-order valence-corrected chi connectivity index (χ1v) is 23.4. The fourth-order valence-corrected chi connectivity index (χ4v) is 6.20. The maximum atomic E-state index is 12.4. The van der Waals surface area contributed by atoms with E-state index in [0.29, 0.717) is 6.42 Å². The Labute approximate surface area is 341 Å². The number of hydrogen-bond acceptors (Lipinski definition) is 7. The molecule has 0 aromatic heterocycles. The minimum absolute atomic E-state index is 0.0885. The van der Waals surface area contributed by atoms with Crippen LogP contribution in [0.15, 0.2) is 72.9 Å². The van der Waals surface area contributed by atoms with Gasteiger partial charge >= 0.3 is 19.8 Å². The van der Waals surface area contributed by atoms with E-state index in [1.54, 1.807) is 12.2 Å². The van der Waals surface area contributed by atoms with Crippen LogP contribution >= 0.6 is 7.82 Å². The maximum Gasteiger partial charge on any atom is 0.469 e. The zero-order valence-corrected chi connectivity index (χ0v) is 36.0. The lowest BCUT2D eigenvalue weighted by Crippen LogP contribution is -2.29. The Hall–Kier alpha value is -2.55. The minimum atomic E-state index is -4.83. The van der Waals surface area contributed by atoms with E-state index >= 15 is 0 Å². The van der Waals surface area contributed by atoms with Gasteiger partial charge in [-0.1, -0.05) is 196 Å². The molecule has 56 heavy (non-hydrogen) atoms. The van der Waals surface area contributed by atoms with E-state index in [0.717, 1.165) is 51.4 Å². The Balaban J connectivity index is 4.12. The Morgan fingerprint density at radius 1 is 0.554 bits per heavy atom. The van der Waals surface area contributed by atoms with Crippen molar-refractivity contribution in [1.29, 1.82) is 0 Å². The molecule has 2 atom stereocenters. The van der Waals surface area contributed by atoms with E-state index in [4.69, 9.17) is 19.3 Å². The van der Waals surface area contributed by atoms with Gasteiger partial charge in [0.15, 0.2) is 6.10 Å². The molecule has 0 aromatic rings. The second kappa shape index (κ2) is 40.6. The number of unbranched alkanes of at least 4 members (excludes halogenated alkanes) is 17. The van der Waals surface area contributed by atoms with E-state index in [2.05, 4.69) is 67.0 Å². The summed E-state index contributed by atoms with van der Waals surface area (Å²) in [5.41, 5.74) is 0. The molecule has 0 aliphatic carbocycles. The van der Waals surface area contributed by atoms with Gasteiger partial charge in [-0.05, 0) is 44.9 Å². The van der Waals surface area contributed by atoms with Crippen molar-refractivity contribution in [2.45, 2.75) is 193 Å². The second-order valence-electron chi connectivity index (χ2n) is 14.5. The smallest absolute Gasteiger partial charge is 0.462 e. The number of carbonyl (C=O) groups is 2. The number of esters is 2. The molecule has 0 spiro atoms. The van der Waals surface area contributed by atoms with Gasteiger partial charge in [-0.15, -0.1) is 0 Å². The van der Waals surface area contributed by atoms with Crippen molar-refractivity contribution < 1.29 is 43.0 Å². The number of rotatable bonds is 39. The van der Waals surface area contributed by atoms with E-state index in [9.17, 15) is 19.3 Å². The van der Waals surface area contributed by atoms with Gasteiger partial charge in [0.25, 0.3) is 0 Å². The zero-order chi connectivity index (χ0) is 41.2. The van der Waals surface area contributed by atoms with Crippen LogP contribution in [0.1, 0.15) is 181 Å². The van der Waals surface area contributed by atoms with Crippen molar-refractivity contribution in [3.05, 3.63) is 72.9 Å². The predicted molar refractivity (Wildman–Crippen MR) is 231 cm³/mol. The van der Waals surface area contributed by atoms with Gasteiger partial charge in [-0.3, -0.25) is 14.1 Å². The number of phosphoric ester groups is 1. The summed E-state index contributed by atoms with van der Waals surface area (Å²) >= 11 is 0. The molecule has 0 rings (SSSR count). The summed E-state index contributed by atoms with van der Waals surface area (Å²) in [7, 11) is -4.83. The lowest BCUT2D eigenvalue weighted by atomic mass is 10.0. The van der Waals surface area contributed by atoms with E-state index in [1.165, 1.54) is 89.9 Å². The van der Waals surface area contributed by atoms with Gasteiger partial charge in [0.2, 0.25) is 0 Å². The maximum absolute atomic E-state index is 12.4. The molecule has 0 saturated heterocycles. The summed E-state index contributed by atoms with van der Waals surface area (Å²) in [5.74, 6) is -1.17. The average molecular weight is 807 g/mol. The average Bonchev–Trinajstić information content (AvgIpc) is 3.17. The molecular formula is C46H79O9P. The molecule has 0 fully saturated rings. The van der Waals surface area contributed by atoms with E-state index in [-0.39, 0.29) is 25.9 Å². The van der Waals surface area contributed by atoms with Crippen LogP contribution in [0.5, 0.6) is 0 Å². The lowest BCUT2D eigenvalue weighted by molar-refractivity contribution is -0.161. The molecule has 0 aromatic carbocycles. The number of phosphoric acid groups is 1. The first-order chi connectivity index (χ1) is 27.2. The molecular weight excluding hydrogens is 727 g/mol. The molecule has 322 valence electrons. The molecule has 0 bridgehead atoms. The monoisotopic (exact) mass is 807 g/mol. The number of hydrogen-bond donors (Lipinski definition) is 3. The molecule has 0 aliphatic heterocycles. The topological polar surface area (TPSA) is 140 Å². The van der Waals surface area contributed by atoms with Crippen molar-refractivity contribution in [2.24, 2.45) is 0 Å². The van der Waals surface area contributed by atoms with Gasteiger partial charge in [-0.25, -0.2) is 4.57 Å². The molecule has 0 saturated carbocycles. The van der Waals surface area contributed by atoms with Crippen LogP contribution in [0.4, 0.5) is 0 Å². The summed E-state index contributed by atoms with van der Waals surface area (Å²) in [6.07, 6.45) is 49.5. The van der Waals surface area contributed by atoms with Gasteiger partial charge < -0.3 is 24.4 Å². The van der Waals surface area contributed by atoms with Gasteiger partial charge in [0.05, 0.1) is 12.7 Å². The van der Waals surface area contributed by atoms with Crippen molar-refractivity contribution in [1.82, 2.24) is 0 Å². The zero-order valence-electron chi connectivity index (χ0n) is 35.1. The van der Waals surface area contributed by atoms with Crippen LogP contribution in [-0.4, -0.2) is 52.3 Å². The Morgan fingerprint density at radius 3 is 1.46 bits per heavy atom. The SMILES string of the molecule is CC/C=C\C/C=C\C/C=C\C/C=C\C/C=C\C=C/C(O)CCC(=O)O[C@H](COC(=O)CCCCCCCCCCCCCCCCCCCC)COP(=O)(O)O. The first-order valence-electron chi connectivity index (χ1n) is 21.8. The Morgan fingerprint density at radius 2 is 1.00 bits per heavy atom. The van der Waals surface area contributed by atoms with Crippen LogP contribution in [0.25, 0.3) is 0 Å². The van der Waals surface area contributed by atoms with Gasteiger partial charge in [0.1, 0.15) is 6.61 Å². The summed E-state index contributed by atoms with van der Waals surface area (Å²) in [6.45, 7) is 3.38. The van der Waals surface area contributed by atoms with Crippen LogP contribution < -0.4 is 0 Å². The fraction of sp³-hybridized carbons (Fsp3) is 0.696. The highest BCUT2D eigenvalue weighted by Crippen LogP contribution is 2.36. The molecule has 10 heteroatoms. The van der Waals surface area contributed by atoms with E-state index < -0.39 is 38.6 Å². The standard InChI is InChI=1S/C46H79O9P/c1-3-5-7-9-11-13-15-17-19-21-22-24-26-28-30-32-34-36-38-45(48)53-41-44(42-54-56(50,51)52)55-46(49)40-39-43(47)37-35-33-31-29-27-25-23-20-18-16-14-12-10-8-6-4-2/h6,8,12,14,18,20,25,27,31,33,35,37,43-44,47H,3-5,7,9-11,13,15-17,19,21-24,26,28-30,32,34,36,38-42H2,1-2H3,(H2,50,51,52)/b8-6-,14-12-,20-18-,27-25-,33-31-,37-35-/t43?,44-/m1/s1. The highest BCUT2D eigenvalue weighted by atomic mass is 31.2. The van der Waals surface area contributed by atoms with Crippen molar-refractivity contribution >= 4 is 19.8 Å². The van der Waals surface area contributed by atoms with Crippen molar-refractivity contribution in [2.75, 3.05) is 13.2 Å². The Bertz CT molecular complexity index is 1150. The van der Waals surface area contributed by atoms with Crippen LogP contribution in [-0.2, 0) is 28.2 Å². The van der Waals surface area contributed by atoms with Crippen molar-refractivity contribution in [3.8, 4) is 0 Å². The molecule has 1 unspecified atom stereocenters. The first kappa shape index (κ1) is 53.5. The summed E-state index contributed by atoms with van der Waals surface area (Å²) < 4.78 is 26.2. The number of carbonyl (C=O) groups excluding carboxylic acids is 2. The van der Waals surface area contributed by atoms with Crippen LogP contribution in [0.3, 0.4) is 0 Å². The van der Waals surface area contributed by atoms with E-state index in [1.807, 2.05) is 12.2 Å². The summed E-state index contributed by atoms with van der Waals surface area (Å²) in [5, 5.41) is 10.2. The van der Waals surface area contributed by atoms with Gasteiger partial charge in [-0.2, -0.15) is 0 Å². The van der Waals surface area contributed by atoms with Crippen molar-refractivity contribution in [3.63, 3.8) is 0 Å². The highest BCUT2D eigenvalue weighted by molar-refractivity contribution is 7.46. The predicted octanol–water partition coefficient (Wildman–Crippen LogP) is 12.4. The van der Waals surface area contributed by atoms with Gasteiger partial charge in [0, 0.05) is 12.8 Å².